The highest BCUT2D eigenvalue weighted by atomic mass is 19.1. The normalized spacial score (nSPS) is 11.1. The molecule has 158 valence electrons. The van der Waals surface area contributed by atoms with E-state index in [-0.39, 0.29) is 11.7 Å². The lowest BCUT2D eigenvalue weighted by Crippen LogP contribution is -2.25. The number of carbonyl (C=O) groups is 1. The van der Waals surface area contributed by atoms with Crippen LogP contribution in [0.25, 0.3) is 10.9 Å². The van der Waals surface area contributed by atoms with Crippen molar-refractivity contribution >= 4 is 16.8 Å². The average molecular weight is 415 g/mol. The van der Waals surface area contributed by atoms with Gasteiger partial charge in [-0.05, 0) is 74.2 Å². The van der Waals surface area contributed by atoms with Gasteiger partial charge in [0.25, 0.3) is 5.91 Å². The number of rotatable bonds is 6. The van der Waals surface area contributed by atoms with Crippen molar-refractivity contribution < 1.29 is 9.18 Å². The quantitative estimate of drug-likeness (QED) is 0.430. The summed E-state index contributed by atoms with van der Waals surface area (Å²) in [5.74, 6) is -0.288. The molecule has 1 amide bonds. The lowest BCUT2D eigenvalue weighted by molar-refractivity contribution is 0.0954. The first-order valence-corrected chi connectivity index (χ1v) is 10.6. The standard InChI is InChI=1S/C27H27FN2O/c1-18-4-6-21(7-5-18)14-15-29-27(31)23-10-13-26-25(16-23)19(2)20(3)30(26)17-22-8-11-24(28)12-9-22/h4-13,16H,14-15,17H2,1-3H3,(H,29,31). The van der Waals surface area contributed by atoms with Gasteiger partial charge in [-0.1, -0.05) is 42.0 Å². The zero-order chi connectivity index (χ0) is 22.0. The Labute approximate surface area is 182 Å². The number of nitrogens with one attached hydrogen (secondary N) is 1. The monoisotopic (exact) mass is 414 g/mol. The third kappa shape index (κ3) is 4.53. The van der Waals surface area contributed by atoms with E-state index in [0.29, 0.717) is 18.7 Å². The number of carbonyl (C=O) groups excluding carboxylic acids is 1. The molecule has 1 aromatic heterocycles. The molecule has 4 aromatic rings. The molecule has 0 atom stereocenters. The number of amides is 1. The van der Waals surface area contributed by atoms with Gasteiger partial charge in [-0.3, -0.25) is 4.79 Å². The SMILES string of the molecule is Cc1ccc(CCNC(=O)c2ccc3c(c2)c(C)c(C)n3Cc2ccc(F)cc2)cc1. The molecule has 0 bridgehead atoms. The summed E-state index contributed by atoms with van der Waals surface area (Å²) < 4.78 is 15.5. The zero-order valence-electron chi connectivity index (χ0n) is 18.2. The zero-order valence-corrected chi connectivity index (χ0v) is 18.2. The Hall–Kier alpha value is -3.40. The smallest absolute Gasteiger partial charge is 0.251 e. The molecule has 0 aliphatic carbocycles. The van der Waals surface area contributed by atoms with Gasteiger partial charge in [0.2, 0.25) is 0 Å². The van der Waals surface area contributed by atoms with E-state index in [9.17, 15) is 9.18 Å². The van der Waals surface area contributed by atoms with Gasteiger partial charge in [-0.15, -0.1) is 0 Å². The Kier molecular flexibility index (Phi) is 5.90. The third-order valence-electron chi connectivity index (χ3n) is 5.97. The van der Waals surface area contributed by atoms with Crippen molar-refractivity contribution in [3.05, 3.63) is 106 Å². The molecule has 1 heterocycles. The molecule has 0 saturated heterocycles. The molecule has 0 unspecified atom stereocenters. The first kappa shape index (κ1) is 20.9. The van der Waals surface area contributed by atoms with Crippen molar-refractivity contribution in [2.75, 3.05) is 6.54 Å². The van der Waals surface area contributed by atoms with Crippen LogP contribution in [-0.4, -0.2) is 17.0 Å². The van der Waals surface area contributed by atoms with E-state index < -0.39 is 0 Å². The Morgan fingerprint density at radius 2 is 1.58 bits per heavy atom. The molecule has 0 saturated carbocycles. The van der Waals surface area contributed by atoms with Gasteiger partial charge in [0, 0.05) is 35.2 Å². The molecule has 0 aliphatic heterocycles. The summed E-state index contributed by atoms with van der Waals surface area (Å²) in [5, 5.41) is 4.11. The van der Waals surface area contributed by atoms with Crippen LogP contribution >= 0.6 is 0 Å². The minimum Gasteiger partial charge on any atom is -0.352 e. The van der Waals surface area contributed by atoms with Gasteiger partial charge in [0.15, 0.2) is 0 Å². The number of halogens is 1. The van der Waals surface area contributed by atoms with E-state index in [1.54, 1.807) is 0 Å². The molecular weight excluding hydrogens is 387 g/mol. The maximum absolute atomic E-state index is 13.2. The highest BCUT2D eigenvalue weighted by Crippen LogP contribution is 2.27. The molecule has 3 nitrogen and oxygen atoms in total. The largest absolute Gasteiger partial charge is 0.352 e. The van der Waals surface area contributed by atoms with E-state index >= 15 is 0 Å². The van der Waals surface area contributed by atoms with Crippen LogP contribution in [0, 0.1) is 26.6 Å². The molecule has 3 aromatic carbocycles. The second-order valence-electron chi connectivity index (χ2n) is 8.15. The number of hydrogen-bond acceptors (Lipinski definition) is 1. The minimum atomic E-state index is -0.230. The van der Waals surface area contributed by atoms with Crippen molar-refractivity contribution in [1.82, 2.24) is 9.88 Å². The molecule has 0 fully saturated rings. The summed E-state index contributed by atoms with van der Waals surface area (Å²) in [6.45, 7) is 7.50. The van der Waals surface area contributed by atoms with E-state index in [4.69, 9.17) is 0 Å². The number of aryl methyl sites for hydroxylation is 2. The van der Waals surface area contributed by atoms with Gasteiger partial charge in [0.05, 0.1) is 0 Å². The van der Waals surface area contributed by atoms with Crippen LogP contribution in [0.2, 0.25) is 0 Å². The summed E-state index contributed by atoms with van der Waals surface area (Å²) in [7, 11) is 0. The first-order valence-electron chi connectivity index (χ1n) is 10.6. The number of nitrogens with zero attached hydrogens (tertiary/aromatic N) is 1. The van der Waals surface area contributed by atoms with Crippen LogP contribution in [-0.2, 0) is 13.0 Å². The Morgan fingerprint density at radius 1 is 0.903 bits per heavy atom. The van der Waals surface area contributed by atoms with E-state index in [0.717, 1.165) is 34.1 Å². The van der Waals surface area contributed by atoms with Crippen LogP contribution in [0.3, 0.4) is 0 Å². The molecule has 0 radical (unpaired) electrons. The lowest BCUT2D eigenvalue weighted by atomic mass is 10.1. The van der Waals surface area contributed by atoms with Crippen LogP contribution in [0.4, 0.5) is 4.39 Å². The molecule has 4 rings (SSSR count). The average Bonchev–Trinajstić information content (AvgIpc) is 3.01. The minimum absolute atomic E-state index is 0.0580. The number of fused-ring (bicyclic) bond motifs is 1. The maximum atomic E-state index is 13.2. The van der Waals surface area contributed by atoms with E-state index in [1.165, 1.54) is 23.3 Å². The van der Waals surface area contributed by atoms with E-state index in [1.807, 2.05) is 30.3 Å². The number of benzene rings is 3. The highest BCUT2D eigenvalue weighted by molar-refractivity contribution is 5.99. The van der Waals surface area contributed by atoms with Crippen molar-refractivity contribution in [1.29, 1.82) is 0 Å². The van der Waals surface area contributed by atoms with Gasteiger partial charge < -0.3 is 9.88 Å². The van der Waals surface area contributed by atoms with Crippen molar-refractivity contribution in [3.8, 4) is 0 Å². The van der Waals surface area contributed by atoms with Crippen LogP contribution in [0.5, 0.6) is 0 Å². The molecular formula is C27H27FN2O. The number of hydrogen-bond donors (Lipinski definition) is 1. The van der Waals surface area contributed by atoms with E-state index in [2.05, 4.69) is 54.9 Å². The second kappa shape index (κ2) is 8.76. The molecule has 0 aliphatic rings. The molecule has 1 N–H and O–H groups in total. The lowest BCUT2D eigenvalue weighted by Gasteiger charge is -2.10. The summed E-state index contributed by atoms with van der Waals surface area (Å²) in [4.78, 5) is 12.7. The predicted molar refractivity (Wildman–Crippen MR) is 124 cm³/mol. The fourth-order valence-corrected chi connectivity index (χ4v) is 3.94. The predicted octanol–water partition coefficient (Wildman–Crippen LogP) is 5.73. The summed E-state index contributed by atoms with van der Waals surface area (Å²) in [6.07, 6.45) is 0.806. The van der Waals surface area contributed by atoms with Crippen LogP contribution < -0.4 is 5.32 Å². The van der Waals surface area contributed by atoms with Crippen LogP contribution in [0.1, 0.15) is 38.3 Å². The highest BCUT2D eigenvalue weighted by Gasteiger charge is 2.14. The molecule has 0 spiro atoms. The van der Waals surface area contributed by atoms with Crippen molar-refractivity contribution in [2.45, 2.75) is 33.7 Å². The second-order valence-corrected chi connectivity index (χ2v) is 8.15. The first-order chi connectivity index (χ1) is 14.9. The van der Waals surface area contributed by atoms with Gasteiger partial charge >= 0.3 is 0 Å². The number of aromatic nitrogens is 1. The molecule has 31 heavy (non-hydrogen) atoms. The topological polar surface area (TPSA) is 34.0 Å². The fraction of sp³-hybridized carbons (Fsp3) is 0.222. The third-order valence-corrected chi connectivity index (χ3v) is 5.97. The van der Waals surface area contributed by atoms with Gasteiger partial charge in [0.1, 0.15) is 5.82 Å². The van der Waals surface area contributed by atoms with Gasteiger partial charge in [-0.25, -0.2) is 4.39 Å². The maximum Gasteiger partial charge on any atom is 0.251 e. The summed E-state index contributed by atoms with van der Waals surface area (Å²) in [5.41, 5.74) is 7.54. The fourth-order valence-electron chi connectivity index (χ4n) is 3.94. The summed E-state index contributed by atoms with van der Waals surface area (Å²) >= 11 is 0. The van der Waals surface area contributed by atoms with Crippen molar-refractivity contribution in [2.24, 2.45) is 0 Å². The Balaban J connectivity index is 1.50. The van der Waals surface area contributed by atoms with Crippen LogP contribution in [0.15, 0.2) is 66.7 Å². The summed E-state index contributed by atoms with van der Waals surface area (Å²) in [6, 6.07) is 20.8. The van der Waals surface area contributed by atoms with Gasteiger partial charge in [-0.2, -0.15) is 0 Å². The Bertz CT molecular complexity index is 1220. The Morgan fingerprint density at radius 3 is 2.29 bits per heavy atom. The molecule has 4 heteroatoms. The van der Waals surface area contributed by atoms with Crippen molar-refractivity contribution in [3.63, 3.8) is 0 Å².